The van der Waals surface area contributed by atoms with Gasteiger partial charge in [0, 0.05) is 22.7 Å². The third kappa shape index (κ3) is 4.27. The monoisotopic (exact) mass is 356 g/mol. The van der Waals surface area contributed by atoms with Gasteiger partial charge in [-0.15, -0.1) is 0 Å². The van der Waals surface area contributed by atoms with Crippen LogP contribution in [0.2, 0.25) is 0 Å². The minimum atomic E-state index is -0.423. The average molecular weight is 357 g/mol. The first-order valence-corrected chi connectivity index (χ1v) is 7.93. The van der Waals surface area contributed by atoms with Crippen LogP contribution in [0.15, 0.2) is 22.7 Å². The predicted octanol–water partition coefficient (Wildman–Crippen LogP) is 3.63. The van der Waals surface area contributed by atoms with Crippen molar-refractivity contribution < 1.29 is 9.18 Å². The van der Waals surface area contributed by atoms with Crippen molar-refractivity contribution >= 4 is 21.8 Å². The average Bonchev–Trinajstić information content (AvgIpc) is 2.28. The van der Waals surface area contributed by atoms with Gasteiger partial charge in [0.1, 0.15) is 5.82 Å². The molecule has 0 spiro atoms. The molecule has 116 valence electrons. The van der Waals surface area contributed by atoms with Gasteiger partial charge in [0.2, 0.25) is 0 Å². The molecule has 1 aromatic carbocycles. The van der Waals surface area contributed by atoms with E-state index < -0.39 is 5.82 Å². The molecule has 1 aromatic rings. The highest BCUT2D eigenvalue weighted by Crippen LogP contribution is 2.28. The van der Waals surface area contributed by atoms with Gasteiger partial charge in [-0.3, -0.25) is 4.79 Å². The van der Waals surface area contributed by atoms with E-state index in [2.05, 4.69) is 54.3 Å². The molecule has 1 aliphatic rings. The Morgan fingerprint density at radius 3 is 2.38 bits per heavy atom. The zero-order chi connectivity index (χ0) is 15.8. The van der Waals surface area contributed by atoms with Crippen LogP contribution >= 0.6 is 15.9 Å². The van der Waals surface area contributed by atoms with Crippen LogP contribution < -0.4 is 10.6 Å². The number of piperidine rings is 1. The smallest absolute Gasteiger partial charge is 0.251 e. The lowest BCUT2D eigenvalue weighted by atomic mass is 9.79. The van der Waals surface area contributed by atoms with Gasteiger partial charge < -0.3 is 10.6 Å². The molecule has 1 amide bonds. The van der Waals surface area contributed by atoms with E-state index in [0.29, 0.717) is 10.0 Å². The largest absolute Gasteiger partial charge is 0.349 e. The van der Waals surface area contributed by atoms with Crippen molar-refractivity contribution in [2.24, 2.45) is 0 Å². The molecular weight excluding hydrogens is 335 g/mol. The van der Waals surface area contributed by atoms with Gasteiger partial charge in [-0.25, -0.2) is 4.39 Å². The molecule has 0 aliphatic carbocycles. The molecule has 21 heavy (non-hydrogen) atoms. The number of benzene rings is 1. The summed E-state index contributed by atoms with van der Waals surface area (Å²) in [6.45, 7) is 8.53. The fraction of sp³-hybridized carbons (Fsp3) is 0.562. The zero-order valence-corrected chi connectivity index (χ0v) is 14.5. The van der Waals surface area contributed by atoms with Crippen molar-refractivity contribution in [2.45, 2.75) is 57.7 Å². The molecule has 0 radical (unpaired) electrons. The SMILES string of the molecule is CC1(C)CC(NC(=O)c2ccc(Br)c(F)c2)CC(C)(C)N1. The lowest BCUT2D eigenvalue weighted by molar-refractivity contribution is 0.0872. The number of carbonyl (C=O) groups is 1. The zero-order valence-electron chi connectivity index (χ0n) is 12.9. The Hall–Kier alpha value is -0.940. The summed E-state index contributed by atoms with van der Waals surface area (Å²) in [4.78, 5) is 12.3. The third-order valence-corrected chi connectivity index (χ3v) is 4.35. The number of amides is 1. The molecule has 1 heterocycles. The molecule has 0 aromatic heterocycles. The summed E-state index contributed by atoms with van der Waals surface area (Å²) in [7, 11) is 0. The van der Waals surface area contributed by atoms with Crippen molar-refractivity contribution in [1.82, 2.24) is 10.6 Å². The van der Waals surface area contributed by atoms with Crippen LogP contribution in [0.1, 0.15) is 50.9 Å². The van der Waals surface area contributed by atoms with Gasteiger partial charge in [-0.05, 0) is 74.7 Å². The van der Waals surface area contributed by atoms with E-state index in [4.69, 9.17) is 0 Å². The first-order chi connectivity index (χ1) is 9.58. The van der Waals surface area contributed by atoms with Gasteiger partial charge in [0.15, 0.2) is 0 Å². The second-order valence-electron chi connectivity index (χ2n) is 7.10. The van der Waals surface area contributed by atoms with Gasteiger partial charge in [-0.2, -0.15) is 0 Å². The van der Waals surface area contributed by atoms with Crippen molar-refractivity contribution in [3.8, 4) is 0 Å². The van der Waals surface area contributed by atoms with Crippen molar-refractivity contribution in [3.05, 3.63) is 34.1 Å². The Kier molecular flexibility index (Phi) is 4.45. The number of hydrogen-bond donors (Lipinski definition) is 2. The Morgan fingerprint density at radius 2 is 1.86 bits per heavy atom. The molecule has 0 atom stereocenters. The standard InChI is InChI=1S/C16H22BrFN2O/c1-15(2)8-11(9-16(3,4)20-15)19-14(21)10-5-6-12(17)13(18)7-10/h5-7,11,20H,8-9H2,1-4H3,(H,19,21). The van der Waals surface area contributed by atoms with Crippen LogP contribution in [0, 0.1) is 5.82 Å². The number of carbonyl (C=O) groups excluding carboxylic acids is 1. The molecule has 1 aliphatic heterocycles. The highest BCUT2D eigenvalue weighted by molar-refractivity contribution is 9.10. The van der Waals surface area contributed by atoms with E-state index >= 15 is 0 Å². The molecule has 1 fully saturated rings. The van der Waals surface area contributed by atoms with Crippen molar-refractivity contribution in [1.29, 1.82) is 0 Å². The Balaban J connectivity index is 2.10. The van der Waals surface area contributed by atoms with Crippen LogP contribution in [0.3, 0.4) is 0 Å². The van der Waals surface area contributed by atoms with Crippen LogP contribution in [-0.4, -0.2) is 23.0 Å². The second-order valence-corrected chi connectivity index (χ2v) is 7.95. The molecular formula is C16H22BrFN2O. The summed E-state index contributed by atoms with van der Waals surface area (Å²) in [5, 5.41) is 6.61. The molecule has 3 nitrogen and oxygen atoms in total. The predicted molar refractivity (Wildman–Crippen MR) is 85.9 cm³/mol. The van der Waals surface area contributed by atoms with Crippen LogP contribution in [0.25, 0.3) is 0 Å². The topological polar surface area (TPSA) is 41.1 Å². The highest BCUT2D eigenvalue weighted by atomic mass is 79.9. The van der Waals surface area contributed by atoms with E-state index in [0.717, 1.165) is 12.8 Å². The molecule has 0 bridgehead atoms. The minimum Gasteiger partial charge on any atom is -0.349 e. The maximum Gasteiger partial charge on any atom is 0.251 e. The highest BCUT2D eigenvalue weighted by Gasteiger charge is 2.38. The van der Waals surface area contributed by atoms with E-state index in [1.54, 1.807) is 12.1 Å². The second kappa shape index (κ2) is 5.69. The Labute approximate surface area is 133 Å². The van der Waals surface area contributed by atoms with E-state index in [1.807, 2.05) is 0 Å². The number of hydrogen-bond acceptors (Lipinski definition) is 2. The number of halogens is 2. The van der Waals surface area contributed by atoms with Crippen molar-refractivity contribution in [2.75, 3.05) is 0 Å². The van der Waals surface area contributed by atoms with E-state index in [1.165, 1.54) is 6.07 Å². The Morgan fingerprint density at radius 1 is 1.29 bits per heavy atom. The minimum absolute atomic E-state index is 0.0370. The molecule has 5 heteroatoms. The normalized spacial score (nSPS) is 21.0. The third-order valence-electron chi connectivity index (χ3n) is 3.71. The summed E-state index contributed by atoms with van der Waals surface area (Å²) < 4.78 is 13.9. The lowest BCUT2D eigenvalue weighted by Gasteiger charge is -2.46. The van der Waals surface area contributed by atoms with Gasteiger partial charge in [-0.1, -0.05) is 0 Å². The van der Waals surface area contributed by atoms with Crippen LogP contribution in [-0.2, 0) is 0 Å². The first-order valence-electron chi connectivity index (χ1n) is 7.13. The van der Waals surface area contributed by atoms with E-state index in [9.17, 15) is 9.18 Å². The summed E-state index contributed by atoms with van der Waals surface area (Å²) in [5.41, 5.74) is 0.278. The van der Waals surface area contributed by atoms with Gasteiger partial charge in [0.05, 0.1) is 4.47 Å². The van der Waals surface area contributed by atoms with Crippen LogP contribution in [0.4, 0.5) is 4.39 Å². The first kappa shape index (κ1) is 16.4. The van der Waals surface area contributed by atoms with E-state index in [-0.39, 0.29) is 23.0 Å². The maximum atomic E-state index is 13.5. The van der Waals surface area contributed by atoms with Crippen LogP contribution in [0.5, 0.6) is 0 Å². The lowest BCUT2D eigenvalue weighted by Crippen LogP contribution is -2.62. The molecule has 2 rings (SSSR count). The maximum absolute atomic E-state index is 13.5. The number of nitrogens with one attached hydrogen (secondary N) is 2. The quantitative estimate of drug-likeness (QED) is 0.849. The summed E-state index contributed by atoms with van der Waals surface area (Å²) in [6.07, 6.45) is 1.70. The summed E-state index contributed by atoms with van der Waals surface area (Å²) in [5.74, 6) is -0.645. The van der Waals surface area contributed by atoms with Gasteiger partial charge in [0.25, 0.3) is 5.91 Å². The summed E-state index contributed by atoms with van der Waals surface area (Å²) >= 11 is 3.09. The summed E-state index contributed by atoms with van der Waals surface area (Å²) in [6, 6.07) is 4.52. The van der Waals surface area contributed by atoms with Gasteiger partial charge >= 0.3 is 0 Å². The molecule has 0 saturated carbocycles. The fourth-order valence-corrected chi connectivity index (χ4v) is 3.58. The fourth-order valence-electron chi connectivity index (χ4n) is 3.33. The molecule has 0 unspecified atom stereocenters. The molecule has 2 N–H and O–H groups in total. The Bertz CT molecular complexity index is 541. The molecule has 1 saturated heterocycles. The van der Waals surface area contributed by atoms with Crippen molar-refractivity contribution in [3.63, 3.8) is 0 Å². The number of rotatable bonds is 2.